The molecule has 0 saturated heterocycles. The lowest BCUT2D eigenvalue weighted by Crippen LogP contribution is -2.52. The molecule has 17 heteroatoms. The summed E-state index contributed by atoms with van der Waals surface area (Å²) in [6, 6.07) is 5.58. The van der Waals surface area contributed by atoms with Crippen LogP contribution < -0.4 is 0 Å². The van der Waals surface area contributed by atoms with E-state index in [4.69, 9.17) is 23.7 Å². The van der Waals surface area contributed by atoms with E-state index in [0.717, 1.165) is 19.3 Å². The van der Waals surface area contributed by atoms with Crippen molar-refractivity contribution in [3.05, 3.63) is 29.8 Å². The molecule has 1 aromatic carbocycles. The van der Waals surface area contributed by atoms with Crippen molar-refractivity contribution >= 4 is 51.7 Å². The quantitative estimate of drug-likeness (QED) is 0.0456. The van der Waals surface area contributed by atoms with E-state index in [1.54, 1.807) is 0 Å². The summed E-state index contributed by atoms with van der Waals surface area (Å²) in [4.78, 5) is 98.5. The van der Waals surface area contributed by atoms with Gasteiger partial charge in [0, 0.05) is 19.4 Å². The summed E-state index contributed by atoms with van der Waals surface area (Å²) in [6.45, 7) is 35.9. The van der Waals surface area contributed by atoms with Gasteiger partial charge in [-0.2, -0.15) is 4.31 Å². The van der Waals surface area contributed by atoms with Gasteiger partial charge in [-0.3, -0.25) is 33.6 Å². The summed E-state index contributed by atoms with van der Waals surface area (Å²) in [5.41, 5.74) is -6.98. The number of rotatable bonds is 27. The van der Waals surface area contributed by atoms with Crippen molar-refractivity contribution < 1.29 is 65.7 Å². The summed E-state index contributed by atoms with van der Waals surface area (Å²) in [6.07, 6.45) is 4.68. The highest BCUT2D eigenvalue weighted by atomic mass is 32.2. The largest absolute Gasteiger partial charge is 0.469 e. The van der Waals surface area contributed by atoms with E-state index in [-0.39, 0.29) is 87.9 Å². The molecule has 452 valence electrons. The number of likely N-dealkylation sites (N-methyl/N-ethyl adjacent to an activating group) is 1. The molecule has 0 bridgehead atoms. The van der Waals surface area contributed by atoms with Crippen LogP contribution in [0.3, 0.4) is 0 Å². The molecule has 0 radical (unpaired) electrons. The predicted octanol–water partition coefficient (Wildman–Crippen LogP) is 11.4. The standard InChI is InChI=1S/C63H100N2O14S/c1-21-43-35-44(37-55(43,7)8)79-50(69)60(16,30-29-41(2)62(39-58(62,13)14)52(71)77-32-31-64(18)19)56(9,10)36-42(3)61(17,51(70)75-20)57(11,12)38-59(15)40-63(59,54(4,5)6)53(72)78-34-33-76-48(67)28-24-27-47(66)65-49(68)45-25-22-23-26-46(45)80(65,73)74/h22-23,25-26,41-44H,21,24,27-40H2,1-20H3. The molecular formula is C63H100N2O14S. The Morgan fingerprint density at radius 2 is 1.39 bits per heavy atom. The number of sulfonamides is 1. The Morgan fingerprint density at radius 3 is 1.93 bits per heavy atom. The number of imide groups is 1. The number of fused-ring (bicyclic) bond motifs is 1. The molecule has 16 nitrogen and oxygen atoms in total. The minimum Gasteiger partial charge on any atom is -0.469 e. The monoisotopic (exact) mass is 1140 g/mol. The number of amides is 2. The number of ether oxygens (including phenoxy) is 5. The molecule has 9 atom stereocenters. The Morgan fingerprint density at radius 1 is 0.800 bits per heavy atom. The molecule has 5 rings (SSSR count). The second-order valence-corrected chi connectivity index (χ2v) is 30.9. The summed E-state index contributed by atoms with van der Waals surface area (Å²) >= 11 is 0. The zero-order chi connectivity index (χ0) is 60.8. The van der Waals surface area contributed by atoms with Crippen LogP contribution in [0.4, 0.5) is 0 Å². The second-order valence-electron chi connectivity index (χ2n) is 29.1. The lowest BCUT2D eigenvalue weighted by atomic mass is 9.51. The van der Waals surface area contributed by atoms with Crippen LogP contribution >= 0.6 is 0 Å². The Labute approximate surface area is 479 Å². The van der Waals surface area contributed by atoms with Gasteiger partial charge in [0.25, 0.3) is 15.9 Å². The highest BCUT2D eigenvalue weighted by Gasteiger charge is 2.76. The molecule has 0 aromatic heterocycles. The zero-order valence-electron chi connectivity index (χ0n) is 52.5. The zero-order valence-corrected chi connectivity index (χ0v) is 53.3. The third kappa shape index (κ3) is 12.2. The van der Waals surface area contributed by atoms with Gasteiger partial charge in [0.2, 0.25) is 5.91 Å². The first-order chi connectivity index (χ1) is 36.6. The Balaban J connectivity index is 1.30. The molecule has 1 heterocycles. The summed E-state index contributed by atoms with van der Waals surface area (Å²) in [7, 11) is 0.951. The number of carbonyl (C=O) groups excluding carboxylic acids is 7. The van der Waals surface area contributed by atoms with Crippen molar-refractivity contribution in [2.24, 2.45) is 71.9 Å². The van der Waals surface area contributed by atoms with Gasteiger partial charge >= 0.3 is 29.8 Å². The van der Waals surface area contributed by atoms with Crippen LogP contribution in [0.25, 0.3) is 0 Å². The molecule has 9 unspecified atom stereocenters. The minimum atomic E-state index is -4.34. The Bertz CT molecular complexity index is 2630. The molecule has 1 aromatic rings. The molecule has 0 spiro atoms. The van der Waals surface area contributed by atoms with Crippen LogP contribution in [0.2, 0.25) is 0 Å². The average Bonchev–Trinajstić information content (AvgIpc) is 4.31. The van der Waals surface area contributed by atoms with E-state index < -0.39 is 83.1 Å². The number of nitrogens with zero attached hydrogens (tertiary/aromatic N) is 2. The van der Waals surface area contributed by atoms with Crippen molar-refractivity contribution in [3.63, 3.8) is 0 Å². The third-order valence-corrected chi connectivity index (χ3v) is 23.0. The SMILES string of the molecule is CCC1CC(OC(=O)C(C)(CCC(C)C2(C(=O)OCCN(C)C)CC2(C)C)C(C)(C)CC(C)C(C)(C(=O)OC)C(C)(C)CC2(C)CC2(C(=O)OCCOC(=O)CCCC(=O)N2C(=O)c3ccccc3S2(=O)=O)C(C)(C)C)CC1(C)C. The van der Waals surface area contributed by atoms with Crippen molar-refractivity contribution in [1.29, 1.82) is 0 Å². The van der Waals surface area contributed by atoms with Crippen LogP contribution in [0.5, 0.6) is 0 Å². The van der Waals surface area contributed by atoms with E-state index in [9.17, 15) is 37.2 Å². The maximum absolute atomic E-state index is 15.2. The molecule has 3 saturated carbocycles. The summed E-state index contributed by atoms with van der Waals surface area (Å²) in [5, 5.41) is 0. The van der Waals surface area contributed by atoms with Gasteiger partial charge in [-0.1, -0.05) is 122 Å². The van der Waals surface area contributed by atoms with E-state index in [2.05, 4.69) is 83.1 Å². The fourth-order valence-electron chi connectivity index (χ4n) is 15.2. The number of hydrogen-bond acceptors (Lipinski definition) is 15. The van der Waals surface area contributed by atoms with Gasteiger partial charge < -0.3 is 28.6 Å². The topological polar surface area (TPSA) is 206 Å². The average molecular weight is 1140 g/mol. The number of methoxy groups -OCH3 is 1. The molecule has 80 heavy (non-hydrogen) atoms. The highest BCUT2D eigenvalue weighted by molar-refractivity contribution is 7.90. The van der Waals surface area contributed by atoms with Crippen LogP contribution in [0.15, 0.2) is 29.2 Å². The van der Waals surface area contributed by atoms with E-state index in [1.165, 1.54) is 31.4 Å². The third-order valence-electron chi connectivity index (χ3n) is 21.2. The van der Waals surface area contributed by atoms with Gasteiger partial charge in [-0.05, 0) is 148 Å². The fourth-order valence-corrected chi connectivity index (χ4v) is 16.7. The number of esters is 5. The maximum atomic E-state index is 15.2. The van der Waals surface area contributed by atoms with E-state index >= 15 is 4.79 Å². The highest BCUT2D eigenvalue weighted by Crippen LogP contribution is 2.77. The second kappa shape index (κ2) is 23.3. The lowest BCUT2D eigenvalue weighted by Gasteiger charge is -2.52. The minimum absolute atomic E-state index is 0.0188. The Kier molecular flexibility index (Phi) is 19.4. The summed E-state index contributed by atoms with van der Waals surface area (Å²) < 4.78 is 55.6. The van der Waals surface area contributed by atoms with Crippen molar-refractivity contribution in [1.82, 2.24) is 9.21 Å². The van der Waals surface area contributed by atoms with E-state index in [1.807, 2.05) is 53.6 Å². The Hall–Kier alpha value is -4.38. The maximum Gasteiger partial charge on any atom is 0.313 e. The number of hydrogen-bond donors (Lipinski definition) is 0. The van der Waals surface area contributed by atoms with E-state index in [0.29, 0.717) is 57.6 Å². The predicted molar refractivity (Wildman–Crippen MR) is 305 cm³/mol. The molecule has 3 fully saturated rings. The molecule has 2 amide bonds. The molecule has 0 N–H and O–H groups in total. The normalized spacial score (nSPS) is 27.0. The first-order valence-electron chi connectivity index (χ1n) is 29.2. The molecule has 4 aliphatic rings. The first kappa shape index (κ1) is 66.4. The number of carbonyl (C=O) groups is 7. The lowest BCUT2D eigenvalue weighted by molar-refractivity contribution is -0.175. The van der Waals surface area contributed by atoms with Gasteiger partial charge in [0.05, 0.1) is 34.3 Å². The molecular weight excluding hydrogens is 1040 g/mol. The van der Waals surface area contributed by atoms with Crippen LogP contribution in [0, 0.1) is 71.9 Å². The molecule has 1 aliphatic heterocycles. The van der Waals surface area contributed by atoms with Gasteiger partial charge in [0.1, 0.15) is 30.8 Å². The fraction of sp³-hybridized carbons (Fsp3) is 0.794. The van der Waals surface area contributed by atoms with Crippen molar-refractivity contribution in [2.45, 2.75) is 206 Å². The molecule has 3 aliphatic carbocycles. The van der Waals surface area contributed by atoms with Crippen LogP contribution in [-0.4, -0.2) is 113 Å². The van der Waals surface area contributed by atoms with Gasteiger partial charge in [-0.25, -0.2) is 8.42 Å². The first-order valence-corrected chi connectivity index (χ1v) is 30.7. The van der Waals surface area contributed by atoms with Crippen LogP contribution in [0.1, 0.15) is 205 Å². The van der Waals surface area contributed by atoms with Gasteiger partial charge in [0.15, 0.2) is 0 Å². The summed E-state index contributed by atoms with van der Waals surface area (Å²) in [5.74, 6) is -3.91. The van der Waals surface area contributed by atoms with Crippen LogP contribution in [-0.2, 0) is 62.5 Å². The van der Waals surface area contributed by atoms with Crippen molar-refractivity contribution in [3.8, 4) is 0 Å². The van der Waals surface area contributed by atoms with Gasteiger partial charge in [-0.15, -0.1) is 0 Å². The number of benzene rings is 1. The van der Waals surface area contributed by atoms with Crippen molar-refractivity contribution in [2.75, 3.05) is 47.6 Å². The smallest absolute Gasteiger partial charge is 0.313 e.